The smallest absolute Gasteiger partial charge is 1.00 e. The number of sulfonamides is 2. The summed E-state index contributed by atoms with van der Waals surface area (Å²) < 4.78 is 103. The van der Waals surface area contributed by atoms with E-state index in [1.807, 2.05) is 24.3 Å². The van der Waals surface area contributed by atoms with Gasteiger partial charge in [-0.2, -0.15) is 20.5 Å². The van der Waals surface area contributed by atoms with Crippen LogP contribution in [0, 0.1) is 0 Å². The molecule has 4 aromatic carbocycles. The fraction of sp³-hybridized carbons (Fsp3) is 0.100. The molecule has 8 N–H and O–H groups in total. The summed E-state index contributed by atoms with van der Waals surface area (Å²) in [6.45, 7) is -0.181. The molecule has 0 saturated carbocycles. The van der Waals surface area contributed by atoms with E-state index in [1.165, 1.54) is 81.1 Å². The van der Waals surface area contributed by atoms with Gasteiger partial charge in [-0.25, -0.2) is 23.4 Å². The molecule has 4 heterocycles. The van der Waals surface area contributed by atoms with E-state index in [2.05, 4.69) is 97.4 Å². The molecule has 0 saturated heterocycles. The molecule has 0 atom stereocenters. The molecule has 0 aliphatic rings. The third-order valence-electron chi connectivity index (χ3n) is 9.48. The van der Waals surface area contributed by atoms with E-state index in [0.29, 0.717) is 48.4 Å². The summed E-state index contributed by atoms with van der Waals surface area (Å²) in [7, 11) is 3.99. The average Bonchev–Trinajstić information content (AvgIpc) is 0.763. The van der Waals surface area contributed by atoms with Crippen LogP contribution in [0.4, 0.5) is 17.1 Å². The Morgan fingerprint density at radius 2 is 1.00 bits per heavy atom. The first-order valence-corrected chi connectivity index (χ1v) is 32.9. The Labute approximate surface area is 661 Å². The topological polar surface area (TPSA) is 371 Å². The monoisotopic (exact) mass is 1660 g/mol. The van der Waals surface area contributed by atoms with Gasteiger partial charge in [0.05, 0.1) is 101 Å². The van der Waals surface area contributed by atoms with Gasteiger partial charge in [0, 0.05) is 29.3 Å². The standard InChI is InChI=1S/C18H13BrCl2N2O5S2.C13H11BrClNO3S.C6H7BrN2O.C6H4Cl2S.C6H8N2O.CH2O3.BHNS.2K.2H2O.H/c1-28-15-10-12(11-22-18(15)19)23(29(24,25)16-8-4-2-6-13(16)20)30(26,27)17-9-5-3-7-14(17)21;1-19-11-6-9(7-16-13(11)14)8-20(17,18)12-5-3-2-4-10(12)15;1-10-5-2-4(8)3-9-6(5)7;7-5-3-1-2-4-6(5)9-8;1-9-6-2-5(7)3-8-4-6;2-1-4-3;1-2-3;;;;;/h2-11H,1H3;2-7H,8H2,1H3;2-3H,8H2,1H3;1-4H;2-4H,7H2,1H3;1,3H;3H;;;2*1H2;/q;;;;;;;2*+1;;;-1/p-1. The van der Waals surface area contributed by atoms with Gasteiger partial charge in [0.25, 0.3) is 26.5 Å². The number of aromatic nitrogens is 4. The van der Waals surface area contributed by atoms with Crippen molar-refractivity contribution in [2.24, 2.45) is 4.30 Å². The fourth-order valence-electron chi connectivity index (χ4n) is 5.88. The van der Waals surface area contributed by atoms with Gasteiger partial charge in [0.15, 0.2) is 27.1 Å². The van der Waals surface area contributed by atoms with Gasteiger partial charge < -0.3 is 52.9 Å². The maximum atomic E-state index is 13.5. The third-order valence-corrected chi connectivity index (χ3v) is 20.1. The number of carbonyl (C=O) groups is 1. The van der Waals surface area contributed by atoms with Gasteiger partial charge >= 0.3 is 128 Å². The Balaban J connectivity index is -0.000000533. The number of nitrogens with two attached hydrogens (primary N) is 2. The van der Waals surface area contributed by atoms with Gasteiger partial charge in [0.1, 0.15) is 29.4 Å². The third kappa shape index (κ3) is 30.5. The predicted octanol–water partition coefficient (Wildman–Crippen LogP) is 5.01. The van der Waals surface area contributed by atoms with Gasteiger partial charge in [-0.1, -0.05) is 94.9 Å². The molecule has 0 amide bonds. The summed E-state index contributed by atoms with van der Waals surface area (Å²) in [6.07, 6.45) is 7.31. The molecule has 89 heavy (non-hydrogen) atoms. The first-order chi connectivity index (χ1) is 40.3. The summed E-state index contributed by atoms with van der Waals surface area (Å²) in [5, 5.41) is 9.06. The van der Waals surface area contributed by atoms with Crippen molar-refractivity contribution in [1.82, 2.24) is 19.9 Å². The minimum Gasteiger partial charge on any atom is -1.00 e. The maximum Gasteiger partial charge on any atom is 1.00 e. The summed E-state index contributed by atoms with van der Waals surface area (Å²) in [5.74, 6) is 1.76. The largest absolute Gasteiger partial charge is 1.00 e. The Bertz CT molecular complexity index is 3770. The van der Waals surface area contributed by atoms with Crippen molar-refractivity contribution in [3.05, 3.63) is 192 Å². The Hall–Kier alpha value is -1.99. The van der Waals surface area contributed by atoms with Gasteiger partial charge in [-0.15, -0.1) is 0 Å². The Kier molecular flexibility index (Phi) is 49.0. The molecular weight excluding hydrogens is 1620 g/mol. The zero-order valence-corrected chi connectivity index (χ0v) is 66.0. The Morgan fingerprint density at radius 3 is 1.37 bits per heavy atom. The quantitative estimate of drug-likeness (QED) is 0.0322. The molecular formula is C50H50BBr3Cl5K2N8O15S5. The van der Waals surface area contributed by atoms with Crippen LogP contribution in [0.2, 0.25) is 20.1 Å². The number of pyridine rings is 4. The van der Waals surface area contributed by atoms with E-state index in [1.54, 1.807) is 69.2 Å². The molecule has 0 unspecified atom stereocenters. The molecule has 0 aliphatic heterocycles. The molecule has 39 heteroatoms. The summed E-state index contributed by atoms with van der Waals surface area (Å²) in [5.41, 5.74) is 12.3. The predicted molar refractivity (Wildman–Crippen MR) is 353 cm³/mol. The van der Waals surface area contributed by atoms with Crippen LogP contribution in [0.25, 0.3) is 0 Å². The van der Waals surface area contributed by atoms with Crippen LogP contribution < -0.4 is 142 Å². The minimum atomic E-state index is -4.70. The zero-order chi connectivity index (χ0) is 63.9. The molecule has 8 rings (SSSR count). The number of benzene rings is 4. The second kappa shape index (κ2) is 47.8. The second-order valence-corrected chi connectivity index (χ2v) is 25.9. The van der Waals surface area contributed by atoms with Crippen molar-refractivity contribution < 1.29 is 174 Å². The number of anilines is 3. The van der Waals surface area contributed by atoms with E-state index in [0.717, 1.165) is 22.1 Å². The number of ether oxygens (including phenoxy) is 4. The van der Waals surface area contributed by atoms with E-state index >= 15 is 0 Å². The normalized spacial score (nSPS) is 9.85. The van der Waals surface area contributed by atoms with Gasteiger partial charge in [-0.05, 0) is 130 Å². The first-order valence-electron chi connectivity index (χ1n) is 22.4. The number of hydrogen-bond donors (Lipinski definition) is 3. The molecule has 471 valence electrons. The van der Waals surface area contributed by atoms with Crippen molar-refractivity contribution in [3.63, 3.8) is 0 Å². The number of sulfone groups is 1. The van der Waals surface area contributed by atoms with Crippen molar-refractivity contribution in [2.45, 2.75) is 25.3 Å². The minimum absolute atomic E-state index is 0. The maximum absolute atomic E-state index is 13.5. The number of thiol groups is 1. The van der Waals surface area contributed by atoms with Gasteiger partial charge in [0.2, 0.25) is 0 Å². The molecule has 1 radical (unpaired) electrons. The van der Waals surface area contributed by atoms with Crippen LogP contribution in [0.3, 0.4) is 0 Å². The molecule has 0 bridgehead atoms. The van der Waals surface area contributed by atoms with Crippen LogP contribution in [-0.4, -0.2) is 98.7 Å². The summed E-state index contributed by atoms with van der Waals surface area (Å²) >= 11 is 36.6. The van der Waals surface area contributed by atoms with Crippen molar-refractivity contribution in [3.8, 4) is 23.0 Å². The molecule has 8 aromatic rings. The molecule has 4 aromatic heterocycles. The number of carbonyl (C=O) groups excluding carboxylic acids is 1. The fourth-order valence-corrected chi connectivity index (χ4v) is 14.6. The zero-order valence-electron chi connectivity index (χ0n) is 48.0. The van der Waals surface area contributed by atoms with E-state index in [4.69, 9.17) is 97.6 Å². The summed E-state index contributed by atoms with van der Waals surface area (Å²) in [4.78, 5) is 27.2. The number of halogens is 8. The molecule has 0 aliphatic carbocycles. The van der Waals surface area contributed by atoms with E-state index < -0.39 is 39.7 Å². The van der Waals surface area contributed by atoms with Crippen molar-refractivity contribution >= 4 is 190 Å². The van der Waals surface area contributed by atoms with Crippen LogP contribution in [0.1, 0.15) is 6.99 Å². The van der Waals surface area contributed by atoms with Crippen LogP contribution in [0.5, 0.6) is 23.0 Å². The number of rotatable bonds is 14. The van der Waals surface area contributed by atoms with Crippen molar-refractivity contribution in [1.29, 1.82) is 0 Å². The number of nitrogens with zero attached hydrogens (tertiary/aromatic N) is 6. The van der Waals surface area contributed by atoms with Crippen molar-refractivity contribution in [2.75, 3.05) is 43.6 Å². The van der Waals surface area contributed by atoms with E-state index in [-0.39, 0.29) is 167 Å². The number of methoxy groups -OCH3 is 4. The number of nitrogen functional groups attached to an aromatic ring is 2. The SMILES string of the molecule is COc1cc(CS(=O)(=O)c2ccccc2Cl)cnc1Br.COc1cc(N(S(=O)(=O)c2ccccc2Cl)S(=O)(=O)c2ccccc2Cl)cnc1Br.COc1cc(N)cnc1Br.COc1cncc(N)c1.ClSc1ccccc1Cl.O.O.O=CO[O-].[B]=NS.[H-].[K+].[K+]. The number of hydrogen-bond acceptors (Lipinski definition) is 22. The van der Waals surface area contributed by atoms with Gasteiger partial charge in [-0.3, -0.25) is 9.78 Å². The first kappa shape index (κ1) is 91.2. The van der Waals surface area contributed by atoms with Crippen LogP contribution in [0.15, 0.2) is 190 Å². The van der Waals surface area contributed by atoms with Crippen LogP contribution >= 0.6 is 129 Å². The average molecular weight is 1670 g/mol. The Morgan fingerprint density at radius 1 is 0.618 bits per heavy atom. The summed E-state index contributed by atoms with van der Waals surface area (Å²) in [6, 6.07) is 31.1. The molecule has 23 nitrogen and oxygen atoms in total. The van der Waals surface area contributed by atoms with Crippen LogP contribution in [-0.2, 0) is 45.3 Å². The molecule has 0 fully saturated rings. The van der Waals surface area contributed by atoms with E-state index in [9.17, 15) is 25.3 Å². The molecule has 0 spiro atoms. The second-order valence-electron chi connectivity index (χ2n) is 15.0.